The van der Waals surface area contributed by atoms with Crippen LogP contribution in [0.2, 0.25) is 0 Å². The minimum atomic E-state index is -0.385. The highest BCUT2D eigenvalue weighted by molar-refractivity contribution is 5.87. The van der Waals surface area contributed by atoms with Crippen molar-refractivity contribution in [2.75, 3.05) is 7.11 Å². The molecule has 5 heteroatoms. The SMILES string of the molecule is COC(=O)c1cccn1Cc1ccn(C)c(=O)c1. The number of aromatic nitrogens is 2. The Hall–Kier alpha value is -2.30. The molecule has 0 aliphatic carbocycles. The zero-order valence-corrected chi connectivity index (χ0v) is 10.3. The van der Waals surface area contributed by atoms with Crippen molar-refractivity contribution >= 4 is 5.97 Å². The van der Waals surface area contributed by atoms with E-state index in [4.69, 9.17) is 4.74 Å². The molecule has 5 nitrogen and oxygen atoms in total. The number of esters is 1. The molecule has 0 atom stereocenters. The third-order valence-electron chi connectivity index (χ3n) is 2.75. The minimum absolute atomic E-state index is 0.0701. The predicted octanol–water partition coefficient (Wildman–Crippen LogP) is 1.02. The first-order valence-electron chi connectivity index (χ1n) is 5.51. The number of rotatable bonds is 3. The summed E-state index contributed by atoms with van der Waals surface area (Å²) in [6.07, 6.45) is 3.49. The smallest absolute Gasteiger partial charge is 0.354 e. The van der Waals surface area contributed by atoms with Gasteiger partial charge in [0.1, 0.15) is 5.69 Å². The van der Waals surface area contributed by atoms with Crippen LogP contribution in [0.25, 0.3) is 0 Å². The molecular weight excluding hydrogens is 232 g/mol. The summed E-state index contributed by atoms with van der Waals surface area (Å²) in [5, 5.41) is 0. The summed E-state index contributed by atoms with van der Waals surface area (Å²) in [7, 11) is 3.04. The Kier molecular flexibility index (Phi) is 3.32. The number of nitrogens with zero attached hydrogens (tertiary/aromatic N) is 2. The Morgan fingerprint density at radius 3 is 2.78 bits per heavy atom. The van der Waals surface area contributed by atoms with Crippen LogP contribution in [0.15, 0.2) is 41.5 Å². The molecule has 94 valence electrons. The van der Waals surface area contributed by atoms with E-state index in [0.717, 1.165) is 5.56 Å². The van der Waals surface area contributed by atoms with Gasteiger partial charge < -0.3 is 13.9 Å². The highest BCUT2D eigenvalue weighted by atomic mass is 16.5. The Morgan fingerprint density at radius 1 is 1.33 bits per heavy atom. The summed E-state index contributed by atoms with van der Waals surface area (Å²) in [5.74, 6) is -0.385. The second-order valence-corrected chi connectivity index (χ2v) is 4.00. The molecule has 0 saturated carbocycles. The van der Waals surface area contributed by atoms with Crippen molar-refractivity contribution in [3.8, 4) is 0 Å². The van der Waals surface area contributed by atoms with Crippen LogP contribution in [-0.4, -0.2) is 22.2 Å². The van der Waals surface area contributed by atoms with Crippen LogP contribution in [0.5, 0.6) is 0 Å². The fraction of sp³-hybridized carbons (Fsp3) is 0.231. The second kappa shape index (κ2) is 4.91. The summed E-state index contributed by atoms with van der Waals surface area (Å²) in [6, 6.07) is 6.86. The van der Waals surface area contributed by atoms with Gasteiger partial charge in [0.2, 0.25) is 0 Å². The van der Waals surface area contributed by atoms with E-state index in [2.05, 4.69) is 0 Å². The molecule has 0 aliphatic rings. The van der Waals surface area contributed by atoms with Crippen LogP contribution < -0.4 is 5.56 Å². The Balaban J connectivity index is 2.29. The van der Waals surface area contributed by atoms with Crippen molar-refractivity contribution in [2.24, 2.45) is 7.05 Å². The lowest BCUT2D eigenvalue weighted by Crippen LogP contribution is -2.17. The molecule has 2 rings (SSSR count). The molecule has 0 bridgehead atoms. The number of aryl methyl sites for hydroxylation is 1. The van der Waals surface area contributed by atoms with Gasteiger partial charge >= 0.3 is 5.97 Å². The van der Waals surface area contributed by atoms with Gasteiger partial charge in [0.25, 0.3) is 5.56 Å². The van der Waals surface area contributed by atoms with Gasteiger partial charge in [0.05, 0.1) is 7.11 Å². The van der Waals surface area contributed by atoms with E-state index in [1.807, 2.05) is 6.07 Å². The van der Waals surface area contributed by atoms with Crippen LogP contribution in [0.3, 0.4) is 0 Å². The predicted molar refractivity (Wildman–Crippen MR) is 66.6 cm³/mol. The quantitative estimate of drug-likeness (QED) is 0.760. The first kappa shape index (κ1) is 12.2. The number of pyridine rings is 1. The lowest BCUT2D eigenvalue weighted by atomic mass is 10.2. The van der Waals surface area contributed by atoms with Crippen LogP contribution in [-0.2, 0) is 18.3 Å². The van der Waals surface area contributed by atoms with Crippen LogP contribution in [0.1, 0.15) is 16.1 Å². The molecule has 18 heavy (non-hydrogen) atoms. The van der Waals surface area contributed by atoms with E-state index in [1.54, 1.807) is 42.2 Å². The molecular formula is C13H14N2O3. The Labute approximate surface area is 104 Å². The number of carbonyl (C=O) groups excluding carboxylic acids is 1. The van der Waals surface area contributed by atoms with Crippen LogP contribution in [0, 0.1) is 0 Å². The summed E-state index contributed by atoms with van der Waals surface area (Å²) in [4.78, 5) is 23.0. The Bertz CT molecular complexity index is 625. The maximum absolute atomic E-state index is 11.5. The molecule has 0 radical (unpaired) electrons. The van der Waals surface area contributed by atoms with Gasteiger partial charge in [-0.3, -0.25) is 4.79 Å². The molecule has 2 aromatic rings. The van der Waals surface area contributed by atoms with Gasteiger partial charge in [-0.2, -0.15) is 0 Å². The highest BCUT2D eigenvalue weighted by Crippen LogP contribution is 2.07. The van der Waals surface area contributed by atoms with Crippen LogP contribution >= 0.6 is 0 Å². The fourth-order valence-electron chi connectivity index (χ4n) is 1.73. The molecule has 0 fully saturated rings. The van der Waals surface area contributed by atoms with Crippen molar-refractivity contribution < 1.29 is 9.53 Å². The highest BCUT2D eigenvalue weighted by Gasteiger charge is 2.10. The minimum Gasteiger partial charge on any atom is -0.464 e. The summed E-state index contributed by atoms with van der Waals surface area (Å²) < 4.78 is 7.94. The third-order valence-corrected chi connectivity index (χ3v) is 2.75. The lowest BCUT2D eigenvalue weighted by molar-refractivity contribution is 0.0589. The third kappa shape index (κ3) is 2.34. The van der Waals surface area contributed by atoms with E-state index >= 15 is 0 Å². The zero-order chi connectivity index (χ0) is 13.1. The molecule has 0 spiro atoms. The van der Waals surface area contributed by atoms with Crippen molar-refractivity contribution in [3.63, 3.8) is 0 Å². The van der Waals surface area contributed by atoms with Crippen molar-refractivity contribution in [1.29, 1.82) is 0 Å². The topological polar surface area (TPSA) is 53.2 Å². The van der Waals surface area contributed by atoms with Crippen molar-refractivity contribution in [1.82, 2.24) is 9.13 Å². The molecule has 0 aromatic carbocycles. The average Bonchev–Trinajstić information content (AvgIpc) is 2.81. The van der Waals surface area contributed by atoms with Crippen molar-refractivity contribution in [3.05, 3.63) is 58.3 Å². The van der Waals surface area contributed by atoms with Gasteiger partial charge in [-0.15, -0.1) is 0 Å². The van der Waals surface area contributed by atoms with E-state index < -0.39 is 0 Å². The molecule has 0 N–H and O–H groups in total. The molecule has 0 amide bonds. The van der Waals surface area contributed by atoms with Gasteiger partial charge in [-0.1, -0.05) is 0 Å². The summed E-state index contributed by atoms with van der Waals surface area (Å²) in [5.41, 5.74) is 1.25. The standard InChI is InChI=1S/C13H14N2O3/c1-14-7-5-10(8-12(14)16)9-15-6-3-4-11(15)13(17)18-2/h3-8H,9H2,1-2H3. The van der Waals surface area contributed by atoms with Gasteiger partial charge in [0.15, 0.2) is 0 Å². The lowest BCUT2D eigenvalue weighted by Gasteiger charge is -2.08. The van der Waals surface area contributed by atoms with E-state index in [-0.39, 0.29) is 11.5 Å². The van der Waals surface area contributed by atoms with Crippen molar-refractivity contribution in [2.45, 2.75) is 6.54 Å². The second-order valence-electron chi connectivity index (χ2n) is 4.00. The number of carbonyl (C=O) groups is 1. The fourth-order valence-corrected chi connectivity index (χ4v) is 1.73. The first-order valence-corrected chi connectivity index (χ1v) is 5.51. The van der Waals surface area contributed by atoms with E-state index in [0.29, 0.717) is 12.2 Å². The maximum Gasteiger partial charge on any atom is 0.354 e. The summed E-state index contributed by atoms with van der Waals surface area (Å²) >= 11 is 0. The number of hydrogen-bond donors (Lipinski definition) is 0. The zero-order valence-electron chi connectivity index (χ0n) is 10.3. The van der Waals surface area contributed by atoms with Gasteiger partial charge in [-0.05, 0) is 23.8 Å². The maximum atomic E-state index is 11.5. The first-order chi connectivity index (χ1) is 8.61. The van der Waals surface area contributed by atoms with Crippen LogP contribution in [0.4, 0.5) is 0 Å². The van der Waals surface area contributed by atoms with E-state index in [1.165, 1.54) is 11.7 Å². The molecule has 0 unspecified atom stereocenters. The Morgan fingerprint density at radius 2 is 2.11 bits per heavy atom. The van der Waals surface area contributed by atoms with Gasteiger partial charge in [0, 0.05) is 32.1 Å². The number of methoxy groups -OCH3 is 1. The average molecular weight is 246 g/mol. The van der Waals surface area contributed by atoms with E-state index in [9.17, 15) is 9.59 Å². The molecule has 0 saturated heterocycles. The molecule has 0 aliphatic heterocycles. The normalized spacial score (nSPS) is 10.3. The largest absolute Gasteiger partial charge is 0.464 e. The molecule has 2 heterocycles. The molecule has 2 aromatic heterocycles. The number of ether oxygens (including phenoxy) is 1. The van der Waals surface area contributed by atoms with Gasteiger partial charge in [-0.25, -0.2) is 4.79 Å². The summed E-state index contributed by atoms with van der Waals surface area (Å²) in [6.45, 7) is 0.466. The monoisotopic (exact) mass is 246 g/mol. The number of hydrogen-bond acceptors (Lipinski definition) is 3.